The molecule has 4 heteroatoms. The summed E-state index contributed by atoms with van der Waals surface area (Å²) in [6.45, 7) is 6.23. The maximum absolute atomic E-state index is 11.4. The molecule has 1 aromatic rings. The Balaban J connectivity index is 3.00. The number of sulfone groups is 1. The Hall–Kier alpha value is -0.870. The Morgan fingerprint density at radius 3 is 2.38 bits per heavy atom. The van der Waals surface area contributed by atoms with Crippen LogP contribution in [0.15, 0.2) is 23.1 Å². The van der Waals surface area contributed by atoms with Crippen LogP contribution in [0.2, 0.25) is 0 Å². The molecule has 0 radical (unpaired) electrons. The first kappa shape index (κ1) is 13.2. The van der Waals surface area contributed by atoms with Gasteiger partial charge in [0.05, 0.1) is 17.6 Å². The minimum atomic E-state index is -3.14. The molecule has 0 aliphatic rings. The van der Waals surface area contributed by atoms with Crippen molar-refractivity contribution in [2.75, 3.05) is 6.26 Å². The Kier molecular flexibility index (Phi) is 4.10. The number of benzene rings is 1. The first-order valence-electron chi connectivity index (χ1n) is 5.21. The van der Waals surface area contributed by atoms with E-state index in [0.717, 1.165) is 11.1 Å². The molecule has 0 saturated carbocycles. The van der Waals surface area contributed by atoms with Crippen molar-refractivity contribution in [3.05, 3.63) is 29.3 Å². The van der Waals surface area contributed by atoms with Crippen molar-refractivity contribution in [3.63, 3.8) is 0 Å². The first-order valence-corrected chi connectivity index (χ1v) is 7.10. The Labute approximate surface area is 97.4 Å². The molecule has 0 N–H and O–H groups in total. The predicted octanol–water partition coefficient (Wildman–Crippen LogP) is 2.32. The molecule has 0 spiro atoms. The van der Waals surface area contributed by atoms with Crippen LogP contribution in [-0.4, -0.2) is 20.8 Å². The summed E-state index contributed by atoms with van der Waals surface area (Å²) < 4.78 is 28.3. The molecule has 0 aromatic heterocycles. The summed E-state index contributed by atoms with van der Waals surface area (Å²) in [7, 11) is -3.14. The van der Waals surface area contributed by atoms with Crippen LogP contribution in [0, 0.1) is 6.92 Å². The molecule has 90 valence electrons. The van der Waals surface area contributed by atoms with Gasteiger partial charge in [-0.1, -0.05) is 6.07 Å². The Bertz CT molecular complexity index is 461. The fourth-order valence-corrected chi connectivity index (χ4v) is 2.15. The smallest absolute Gasteiger partial charge is 0.175 e. The molecule has 1 rings (SSSR count). The van der Waals surface area contributed by atoms with E-state index in [1.165, 1.54) is 6.26 Å². The van der Waals surface area contributed by atoms with Gasteiger partial charge in [0.15, 0.2) is 9.84 Å². The highest BCUT2D eigenvalue weighted by Crippen LogP contribution is 2.16. The zero-order valence-electron chi connectivity index (χ0n) is 10.1. The minimum Gasteiger partial charge on any atom is -0.374 e. The van der Waals surface area contributed by atoms with E-state index in [1.807, 2.05) is 26.8 Å². The second kappa shape index (κ2) is 4.97. The fourth-order valence-electron chi connectivity index (χ4n) is 1.38. The molecule has 0 bridgehead atoms. The van der Waals surface area contributed by atoms with Gasteiger partial charge >= 0.3 is 0 Å². The van der Waals surface area contributed by atoms with Gasteiger partial charge in [-0.15, -0.1) is 0 Å². The Morgan fingerprint density at radius 1 is 1.25 bits per heavy atom. The molecular weight excluding hydrogens is 224 g/mol. The summed E-state index contributed by atoms with van der Waals surface area (Å²) in [5.41, 5.74) is 1.83. The molecular formula is C12H18O3S. The van der Waals surface area contributed by atoms with Gasteiger partial charge in [-0.3, -0.25) is 0 Å². The first-order chi connectivity index (χ1) is 7.29. The monoisotopic (exact) mass is 242 g/mol. The molecule has 1 aromatic carbocycles. The number of rotatable bonds is 4. The number of hydrogen-bond donors (Lipinski definition) is 0. The average molecular weight is 242 g/mol. The predicted molar refractivity (Wildman–Crippen MR) is 64.2 cm³/mol. The van der Waals surface area contributed by atoms with Crippen LogP contribution in [0.25, 0.3) is 0 Å². The van der Waals surface area contributed by atoms with Gasteiger partial charge in [0.1, 0.15) is 0 Å². The van der Waals surface area contributed by atoms with Crippen molar-refractivity contribution in [1.29, 1.82) is 0 Å². The average Bonchev–Trinajstić information content (AvgIpc) is 2.12. The van der Waals surface area contributed by atoms with E-state index in [2.05, 4.69) is 0 Å². The van der Waals surface area contributed by atoms with Crippen LogP contribution in [0.3, 0.4) is 0 Å². The lowest BCUT2D eigenvalue weighted by Crippen LogP contribution is -2.04. The molecule has 0 heterocycles. The van der Waals surface area contributed by atoms with E-state index in [4.69, 9.17) is 4.74 Å². The van der Waals surface area contributed by atoms with Gasteiger partial charge in [0.25, 0.3) is 0 Å². The van der Waals surface area contributed by atoms with Gasteiger partial charge in [-0.05, 0) is 44.0 Å². The van der Waals surface area contributed by atoms with Gasteiger partial charge in [0, 0.05) is 6.26 Å². The van der Waals surface area contributed by atoms with Gasteiger partial charge < -0.3 is 4.74 Å². The summed E-state index contributed by atoms with van der Waals surface area (Å²) in [6, 6.07) is 5.29. The fraction of sp³-hybridized carbons (Fsp3) is 0.500. The lowest BCUT2D eigenvalue weighted by molar-refractivity contribution is 0.0656. The second-order valence-electron chi connectivity index (χ2n) is 4.29. The zero-order valence-corrected chi connectivity index (χ0v) is 11.0. The van der Waals surface area contributed by atoms with Crippen LogP contribution in [0.1, 0.15) is 25.0 Å². The van der Waals surface area contributed by atoms with Gasteiger partial charge in [-0.2, -0.15) is 0 Å². The highest BCUT2D eigenvalue weighted by molar-refractivity contribution is 7.90. The molecule has 16 heavy (non-hydrogen) atoms. The van der Waals surface area contributed by atoms with Crippen LogP contribution in [0.5, 0.6) is 0 Å². The largest absolute Gasteiger partial charge is 0.374 e. The third-order valence-corrected chi connectivity index (χ3v) is 3.21. The lowest BCUT2D eigenvalue weighted by Gasteiger charge is -2.09. The number of aryl methyl sites for hydroxylation is 1. The van der Waals surface area contributed by atoms with Crippen molar-refractivity contribution < 1.29 is 13.2 Å². The van der Waals surface area contributed by atoms with Crippen LogP contribution >= 0.6 is 0 Å². The van der Waals surface area contributed by atoms with E-state index >= 15 is 0 Å². The van der Waals surface area contributed by atoms with E-state index in [-0.39, 0.29) is 6.10 Å². The summed E-state index contributed by atoms with van der Waals surface area (Å²) in [5.74, 6) is 0. The van der Waals surface area contributed by atoms with Crippen molar-refractivity contribution in [3.8, 4) is 0 Å². The molecule has 0 amide bonds. The van der Waals surface area contributed by atoms with Crippen LogP contribution in [0.4, 0.5) is 0 Å². The Morgan fingerprint density at radius 2 is 1.88 bits per heavy atom. The maximum Gasteiger partial charge on any atom is 0.175 e. The van der Waals surface area contributed by atoms with Crippen LogP contribution < -0.4 is 0 Å². The molecule has 0 aliphatic heterocycles. The molecule has 0 aliphatic carbocycles. The second-order valence-corrected chi connectivity index (χ2v) is 6.30. The quantitative estimate of drug-likeness (QED) is 0.814. The molecule has 3 nitrogen and oxygen atoms in total. The van der Waals surface area contributed by atoms with Gasteiger partial charge in [0.2, 0.25) is 0 Å². The van der Waals surface area contributed by atoms with E-state index in [0.29, 0.717) is 11.5 Å². The highest BCUT2D eigenvalue weighted by atomic mass is 32.2. The van der Waals surface area contributed by atoms with Crippen molar-refractivity contribution >= 4 is 9.84 Å². The maximum atomic E-state index is 11.4. The number of ether oxygens (including phenoxy) is 1. The van der Waals surface area contributed by atoms with E-state index in [1.54, 1.807) is 12.1 Å². The summed E-state index contributed by atoms with van der Waals surface area (Å²) in [6.07, 6.45) is 1.36. The van der Waals surface area contributed by atoms with E-state index in [9.17, 15) is 8.42 Å². The third-order valence-electron chi connectivity index (χ3n) is 2.12. The highest BCUT2D eigenvalue weighted by Gasteiger charge is 2.09. The summed E-state index contributed by atoms with van der Waals surface area (Å²) in [5, 5.41) is 0. The van der Waals surface area contributed by atoms with Crippen molar-refractivity contribution in [2.45, 2.75) is 38.4 Å². The van der Waals surface area contributed by atoms with Gasteiger partial charge in [-0.25, -0.2) is 8.42 Å². The van der Waals surface area contributed by atoms with Crippen molar-refractivity contribution in [2.24, 2.45) is 0 Å². The normalized spacial score (nSPS) is 12.1. The molecule has 0 unspecified atom stereocenters. The lowest BCUT2D eigenvalue weighted by atomic mass is 10.1. The summed E-state index contributed by atoms with van der Waals surface area (Å²) >= 11 is 0. The van der Waals surface area contributed by atoms with E-state index < -0.39 is 9.84 Å². The summed E-state index contributed by atoms with van der Waals surface area (Å²) in [4.78, 5) is 0.356. The third kappa shape index (κ3) is 3.94. The van der Waals surface area contributed by atoms with Crippen molar-refractivity contribution in [1.82, 2.24) is 0 Å². The van der Waals surface area contributed by atoms with Crippen LogP contribution in [-0.2, 0) is 21.2 Å². The molecule has 0 fully saturated rings. The zero-order chi connectivity index (χ0) is 12.3. The topological polar surface area (TPSA) is 43.4 Å². The minimum absolute atomic E-state index is 0.141. The number of hydrogen-bond acceptors (Lipinski definition) is 3. The SMILES string of the molecule is Cc1cc(COC(C)C)cc(S(C)(=O)=O)c1. The molecule has 0 saturated heterocycles. The molecule has 0 atom stereocenters. The standard InChI is InChI=1S/C12H18O3S/c1-9(2)15-8-11-5-10(3)6-12(7-11)16(4,13)14/h5-7,9H,8H2,1-4H3.